The molecular weight excluding hydrogens is 504 g/mol. The van der Waals surface area contributed by atoms with Gasteiger partial charge in [0.2, 0.25) is 0 Å². The Morgan fingerprint density at radius 3 is 2.38 bits per heavy atom. The molecule has 0 saturated heterocycles. The van der Waals surface area contributed by atoms with E-state index in [4.69, 9.17) is 9.84 Å². The van der Waals surface area contributed by atoms with Gasteiger partial charge in [-0.3, -0.25) is 9.59 Å². The number of ether oxygens (including phenoxy) is 1. The number of carbonyl (C=O) groups excluding carboxylic acids is 1. The summed E-state index contributed by atoms with van der Waals surface area (Å²) in [6.45, 7) is 6.24. The van der Waals surface area contributed by atoms with Crippen LogP contribution in [0, 0.1) is 6.92 Å². The van der Waals surface area contributed by atoms with E-state index < -0.39 is 18.4 Å². The van der Waals surface area contributed by atoms with Crippen molar-refractivity contribution >= 4 is 49.4 Å². The summed E-state index contributed by atoms with van der Waals surface area (Å²) in [5.74, 6) is -1.01. The van der Waals surface area contributed by atoms with Crippen molar-refractivity contribution < 1.29 is 19.4 Å². The van der Waals surface area contributed by atoms with Gasteiger partial charge in [0, 0.05) is 17.3 Å². The molecule has 1 unspecified atom stereocenters. The predicted octanol–water partition coefficient (Wildman–Crippen LogP) is 5.12. The topological polar surface area (TPSA) is 87.7 Å². The van der Waals surface area contributed by atoms with Crippen molar-refractivity contribution in [3.8, 4) is 5.75 Å². The van der Waals surface area contributed by atoms with Crippen LogP contribution in [-0.2, 0) is 11.4 Å². The van der Waals surface area contributed by atoms with Crippen LogP contribution >= 0.6 is 31.9 Å². The summed E-state index contributed by atoms with van der Waals surface area (Å²) >= 11 is 6.85. The number of anilines is 1. The standard InChI is InChI=1S/C21H24Br2N2O4/c1-4-13(3)25-16-6-12(2)5-14(7-16)11-29-20-17(22)8-15(9-18(20)23)21(28)24-10-19(26)27/h5-9,13,25H,4,10-11H2,1-3H3,(H,24,28)(H,26,27). The molecule has 0 fully saturated rings. The number of aliphatic carboxylic acids is 1. The molecule has 0 radical (unpaired) electrons. The smallest absolute Gasteiger partial charge is 0.322 e. The molecule has 1 atom stereocenters. The third-order valence-electron chi connectivity index (χ3n) is 4.21. The monoisotopic (exact) mass is 526 g/mol. The first-order valence-corrected chi connectivity index (χ1v) is 10.8. The first-order valence-electron chi connectivity index (χ1n) is 9.18. The van der Waals surface area contributed by atoms with E-state index in [1.54, 1.807) is 12.1 Å². The zero-order valence-electron chi connectivity index (χ0n) is 16.5. The third-order valence-corrected chi connectivity index (χ3v) is 5.38. The zero-order chi connectivity index (χ0) is 21.6. The highest BCUT2D eigenvalue weighted by Crippen LogP contribution is 2.35. The first kappa shape index (κ1) is 23.2. The van der Waals surface area contributed by atoms with Crippen LogP contribution in [0.4, 0.5) is 5.69 Å². The maximum Gasteiger partial charge on any atom is 0.322 e. The number of aryl methyl sites for hydroxylation is 1. The molecule has 0 aromatic heterocycles. The number of hydrogen-bond donors (Lipinski definition) is 3. The SMILES string of the molecule is CCC(C)Nc1cc(C)cc(COc2c(Br)cc(C(=O)NCC(=O)O)cc2Br)c1. The summed E-state index contributed by atoms with van der Waals surface area (Å²) in [5, 5.41) is 14.5. The van der Waals surface area contributed by atoms with Gasteiger partial charge >= 0.3 is 5.97 Å². The van der Waals surface area contributed by atoms with Crippen LogP contribution in [0.2, 0.25) is 0 Å². The molecule has 0 aliphatic heterocycles. The number of benzene rings is 2. The molecule has 0 bridgehead atoms. The quantitative estimate of drug-likeness (QED) is 0.421. The normalized spacial score (nSPS) is 11.6. The first-order chi connectivity index (χ1) is 13.7. The predicted molar refractivity (Wildman–Crippen MR) is 121 cm³/mol. The van der Waals surface area contributed by atoms with Crippen molar-refractivity contribution in [3.05, 3.63) is 56.0 Å². The van der Waals surface area contributed by atoms with Crippen LogP contribution in [0.25, 0.3) is 0 Å². The highest BCUT2D eigenvalue weighted by atomic mass is 79.9. The van der Waals surface area contributed by atoms with Gasteiger partial charge in [0.15, 0.2) is 0 Å². The molecule has 156 valence electrons. The Morgan fingerprint density at radius 1 is 1.14 bits per heavy atom. The number of hydrogen-bond acceptors (Lipinski definition) is 4. The van der Waals surface area contributed by atoms with E-state index in [0.29, 0.717) is 32.9 Å². The Balaban J connectivity index is 2.13. The summed E-state index contributed by atoms with van der Waals surface area (Å²) in [7, 11) is 0. The highest BCUT2D eigenvalue weighted by molar-refractivity contribution is 9.11. The van der Waals surface area contributed by atoms with Gasteiger partial charge in [0.05, 0.1) is 8.95 Å². The van der Waals surface area contributed by atoms with Crippen molar-refractivity contribution in [1.82, 2.24) is 5.32 Å². The zero-order valence-corrected chi connectivity index (χ0v) is 19.7. The summed E-state index contributed by atoms with van der Waals surface area (Å²) in [4.78, 5) is 22.7. The van der Waals surface area contributed by atoms with Crippen LogP contribution in [0.3, 0.4) is 0 Å². The molecule has 2 aromatic carbocycles. The second kappa shape index (κ2) is 10.6. The minimum atomic E-state index is -1.10. The van der Waals surface area contributed by atoms with E-state index >= 15 is 0 Å². The van der Waals surface area contributed by atoms with E-state index in [-0.39, 0.29) is 0 Å². The van der Waals surface area contributed by atoms with Crippen molar-refractivity contribution in [2.45, 2.75) is 39.8 Å². The molecule has 0 spiro atoms. The Morgan fingerprint density at radius 2 is 1.79 bits per heavy atom. The Hall–Kier alpha value is -2.06. The molecule has 6 nitrogen and oxygen atoms in total. The maximum absolute atomic E-state index is 12.1. The second-order valence-corrected chi connectivity index (χ2v) is 8.50. The molecule has 0 heterocycles. The lowest BCUT2D eigenvalue weighted by Crippen LogP contribution is -2.29. The molecule has 0 saturated carbocycles. The number of halogens is 2. The van der Waals surface area contributed by atoms with Gasteiger partial charge < -0.3 is 20.5 Å². The summed E-state index contributed by atoms with van der Waals surface area (Å²) in [6, 6.07) is 9.82. The van der Waals surface area contributed by atoms with Crippen molar-refractivity contribution in [1.29, 1.82) is 0 Å². The fraction of sp³-hybridized carbons (Fsp3) is 0.333. The van der Waals surface area contributed by atoms with E-state index in [1.165, 1.54) is 0 Å². The molecule has 0 aliphatic rings. The van der Waals surface area contributed by atoms with Crippen LogP contribution in [0.1, 0.15) is 41.8 Å². The van der Waals surface area contributed by atoms with Crippen LogP contribution < -0.4 is 15.4 Å². The highest BCUT2D eigenvalue weighted by Gasteiger charge is 2.15. The van der Waals surface area contributed by atoms with Gasteiger partial charge in [-0.05, 0) is 87.5 Å². The van der Waals surface area contributed by atoms with Gasteiger partial charge in [0.1, 0.15) is 18.9 Å². The number of rotatable bonds is 9. The fourth-order valence-electron chi connectivity index (χ4n) is 2.66. The number of carboxylic acids is 1. The number of carboxylic acid groups (broad SMARTS) is 1. The lowest BCUT2D eigenvalue weighted by Gasteiger charge is -2.16. The van der Waals surface area contributed by atoms with Crippen molar-refractivity contribution in [2.75, 3.05) is 11.9 Å². The van der Waals surface area contributed by atoms with E-state index in [2.05, 4.69) is 74.5 Å². The Kier molecular flexibility index (Phi) is 8.52. The summed E-state index contributed by atoms with van der Waals surface area (Å²) in [5.41, 5.74) is 3.55. The van der Waals surface area contributed by atoms with Gasteiger partial charge in [-0.25, -0.2) is 0 Å². The molecule has 1 amide bonds. The van der Waals surface area contributed by atoms with Crippen molar-refractivity contribution in [2.24, 2.45) is 0 Å². The lowest BCUT2D eigenvalue weighted by molar-refractivity contribution is -0.135. The molecule has 29 heavy (non-hydrogen) atoms. The van der Waals surface area contributed by atoms with E-state index in [0.717, 1.165) is 23.2 Å². The van der Waals surface area contributed by atoms with Crippen LogP contribution in [0.15, 0.2) is 39.3 Å². The maximum atomic E-state index is 12.1. The third kappa shape index (κ3) is 7.04. The molecule has 0 aliphatic carbocycles. The van der Waals surface area contributed by atoms with Gasteiger partial charge in [-0.1, -0.05) is 13.0 Å². The second-order valence-electron chi connectivity index (χ2n) is 6.80. The largest absolute Gasteiger partial charge is 0.487 e. The number of amides is 1. The average molecular weight is 528 g/mol. The van der Waals surface area contributed by atoms with Crippen molar-refractivity contribution in [3.63, 3.8) is 0 Å². The molecule has 2 aromatic rings. The lowest BCUT2D eigenvalue weighted by atomic mass is 10.1. The molecule has 2 rings (SSSR count). The molecule has 3 N–H and O–H groups in total. The average Bonchev–Trinajstić information content (AvgIpc) is 2.64. The molecular formula is C21H24Br2N2O4. The van der Waals surface area contributed by atoms with Gasteiger partial charge in [-0.2, -0.15) is 0 Å². The fourth-order valence-corrected chi connectivity index (χ4v) is 4.07. The van der Waals surface area contributed by atoms with Gasteiger partial charge in [-0.15, -0.1) is 0 Å². The Bertz CT molecular complexity index is 879. The van der Waals surface area contributed by atoms with Crippen LogP contribution in [0.5, 0.6) is 5.75 Å². The van der Waals surface area contributed by atoms with Gasteiger partial charge in [0.25, 0.3) is 5.91 Å². The number of carbonyl (C=O) groups is 2. The minimum absolute atomic E-state index is 0.327. The summed E-state index contributed by atoms with van der Waals surface area (Å²) in [6.07, 6.45) is 1.03. The van der Waals surface area contributed by atoms with E-state index in [1.807, 2.05) is 6.92 Å². The van der Waals surface area contributed by atoms with E-state index in [9.17, 15) is 9.59 Å². The minimum Gasteiger partial charge on any atom is -0.487 e. The molecule has 8 heteroatoms. The van der Waals surface area contributed by atoms with Crippen LogP contribution in [-0.4, -0.2) is 29.6 Å². The Labute approximate surface area is 187 Å². The summed E-state index contributed by atoms with van der Waals surface area (Å²) < 4.78 is 7.17. The number of nitrogens with one attached hydrogen (secondary N) is 2.